The van der Waals surface area contributed by atoms with Gasteiger partial charge in [-0.3, -0.25) is 0 Å². The van der Waals surface area contributed by atoms with Crippen LogP contribution in [-0.2, 0) is 0 Å². The summed E-state index contributed by atoms with van der Waals surface area (Å²) < 4.78 is 1.28. The fraction of sp³-hybridized carbons (Fsp3) is 0. The summed E-state index contributed by atoms with van der Waals surface area (Å²) in [5, 5.41) is 14.8. The van der Waals surface area contributed by atoms with Crippen molar-refractivity contribution >= 4 is 24.0 Å². The first-order valence-corrected chi connectivity index (χ1v) is 3.00. The Balaban J connectivity index is 2.93. The third-order valence-electron chi connectivity index (χ3n) is 1.11. The Morgan fingerprint density at radius 1 is 1.40 bits per heavy atom. The highest BCUT2D eigenvalue weighted by atomic mass is 32.1. The quantitative estimate of drug-likeness (QED) is 0.537. The summed E-state index contributed by atoms with van der Waals surface area (Å²) in [4.78, 5) is 0. The summed E-state index contributed by atoms with van der Waals surface area (Å²) in [6, 6.07) is 1.72. The summed E-state index contributed by atoms with van der Waals surface area (Å²) in [5.41, 5.74) is 1.27. The fourth-order valence-electron chi connectivity index (χ4n) is 0.671. The van der Waals surface area contributed by atoms with Gasteiger partial charge in [0.05, 0.1) is 6.20 Å². The van der Waals surface area contributed by atoms with E-state index in [1.54, 1.807) is 12.3 Å². The van der Waals surface area contributed by atoms with Gasteiger partial charge in [-0.25, -0.2) is 0 Å². The van der Waals surface area contributed by atoms with Crippen molar-refractivity contribution in [2.24, 2.45) is 0 Å². The van der Waals surface area contributed by atoms with Gasteiger partial charge in [-0.1, -0.05) is 5.21 Å². The molecule has 2 aromatic heterocycles. The van der Waals surface area contributed by atoms with Gasteiger partial charge in [-0.2, -0.15) is 9.19 Å². The van der Waals surface area contributed by atoms with E-state index in [2.05, 4.69) is 33.3 Å². The Bertz CT molecular complexity index is 355. The number of hydrogen-bond acceptors (Lipinski definition) is 5. The molecule has 50 valence electrons. The van der Waals surface area contributed by atoms with Crippen LogP contribution in [0, 0.1) is 0 Å². The van der Waals surface area contributed by atoms with Crippen LogP contribution in [-0.4, -0.2) is 24.6 Å². The van der Waals surface area contributed by atoms with Gasteiger partial charge >= 0.3 is 0 Å². The molecule has 0 aliphatic carbocycles. The van der Waals surface area contributed by atoms with Crippen LogP contribution < -0.4 is 0 Å². The van der Waals surface area contributed by atoms with E-state index in [0.717, 1.165) is 0 Å². The first kappa shape index (κ1) is 5.60. The molecular weight excluding hydrogens is 150 g/mol. The van der Waals surface area contributed by atoms with Crippen molar-refractivity contribution in [3.63, 3.8) is 0 Å². The molecule has 0 saturated carbocycles. The van der Waals surface area contributed by atoms with Crippen LogP contribution in [0.4, 0.5) is 0 Å². The Morgan fingerprint density at radius 2 is 2.30 bits per heavy atom. The van der Waals surface area contributed by atoms with Gasteiger partial charge in [0.2, 0.25) is 5.65 Å². The van der Waals surface area contributed by atoms with Crippen LogP contribution in [0.15, 0.2) is 12.3 Å². The minimum atomic E-state index is 0.575. The number of thiol groups is 1. The molecule has 0 amide bonds. The molecule has 2 rings (SSSR count). The molecule has 0 aromatic carbocycles. The van der Waals surface area contributed by atoms with E-state index in [-0.39, 0.29) is 0 Å². The second kappa shape index (κ2) is 1.91. The molecular formula is C4H3N5S. The number of hydrogen-bond donors (Lipinski definition) is 1. The Labute approximate surface area is 61.6 Å². The summed E-state index contributed by atoms with van der Waals surface area (Å²) in [5.74, 6) is 0. The third-order valence-corrected chi connectivity index (χ3v) is 1.38. The topological polar surface area (TPSA) is 56.5 Å². The molecule has 0 atom stereocenters. The SMILES string of the molecule is Sn1nnc2ccnnc21. The molecule has 0 radical (unpaired) electrons. The maximum atomic E-state index is 3.94. The zero-order chi connectivity index (χ0) is 6.97. The minimum absolute atomic E-state index is 0.575. The lowest BCUT2D eigenvalue weighted by Gasteiger charge is -1.83. The van der Waals surface area contributed by atoms with Gasteiger partial charge in [0, 0.05) is 0 Å². The maximum Gasteiger partial charge on any atom is 0.211 e. The first-order valence-electron chi connectivity index (χ1n) is 2.60. The molecule has 0 spiro atoms. The smallest absolute Gasteiger partial charge is 0.168 e. The number of aromatic nitrogens is 5. The van der Waals surface area contributed by atoms with Crippen LogP contribution in [0.25, 0.3) is 11.2 Å². The average Bonchev–Trinajstić information content (AvgIpc) is 2.34. The zero-order valence-electron chi connectivity index (χ0n) is 4.84. The van der Waals surface area contributed by atoms with Crippen LogP contribution in [0.1, 0.15) is 0 Å². The number of rotatable bonds is 0. The highest BCUT2D eigenvalue weighted by molar-refractivity contribution is 7.78. The van der Waals surface area contributed by atoms with E-state index < -0.39 is 0 Å². The lowest BCUT2D eigenvalue weighted by atomic mass is 10.5. The largest absolute Gasteiger partial charge is 0.211 e. The Hall–Kier alpha value is -1.17. The van der Waals surface area contributed by atoms with Crippen molar-refractivity contribution < 1.29 is 0 Å². The van der Waals surface area contributed by atoms with Gasteiger partial charge in [-0.15, -0.1) is 10.2 Å². The normalized spacial score (nSPS) is 10.5. The van der Waals surface area contributed by atoms with Gasteiger partial charge in [0.1, 0.15) is 5.52 Å². The van der Waals surface area contributed by atoms with Crippen molar-refractivity contribution in [2.45, 2.75) is 0 Å². The molecule has 2 aromatic rings. The van der Waals surface area contributed by atoms with E-state index in [1.807, 2.05) is 0 Å². The standard InChI is InChI=1S/C4H3N5S/c10-9-4-3(6-8-9)1-2-5-7-4/h1-2,10H. The summed E-state index contributed by atoms with van der Waals surface area (Å²) in [7, 11) is 0. The molecule has 0 saturated heterocycles. The van der Waals surface area contributed by atoms with Crippen LogP contribution in [0.2, 0.25) is 0 Å². The Kier molecular flexibility index (Phi) is 1.07. The Morgan fingerprint density at radius 3 is 3.10 bits per heavy atom. The summed E-state index contributed by atoms with van der Waals surface area (Å²) in [6.07, 6.45) is 1.56. The molecule has 0 aliphatic rings. The molecule has 0 N–H and O–H groups in total. The average molecular weight is 153 g/mol. The lowest BCUT2D eigenvalue weighted by molar-refractivity contribution is 0.903. The maximum absolute atomic E-state index is 3.94. The summed E-state index contributed by atoms with van der Waals surface area (Å²) >= 11 is 3.94. The predicted molar refractivity (Wildman–Crippen MR) is 37.5 cm³/mol. The van der Waals surface area contributed by atoms with Crippen molar-refractivity contribution in [3.8, 4) is 0 Å². The van der Waals surface area contributed by atoms with Crippen LogP contribution in [0.3, 0.4) is 0 Å². The monoisotopic (exact) mass is 153 g/mol. The third kappa shape index (κ3) is 0.655. The van der Waals surface area contributed by atoms with Gasteiger partial charge in [-0.05, 0) is 18.9 Å². The van der Waals surface area contributed by atoms with Gasteiger partial charge in [0.15, 0.2) is 0 Å². The lowest BCUT2D eigenvalue weighted by Crippen LogP contribution is -1.86. The molecule has 6 heteroatoms. The number of nitrogens with zero attached hydrogens (tertiary/aromatic N) is 5. The second-order valence-corrected chi connectivity index (χ2v) is 2.10. The highest BCUT2D eigenvalue weighted by Crippen LogP contribution is 2.04. The summed E-state index contributed by atoms with van der Waals surface area (Å²) in [6.45, 7) is 0. The van der Waals surface area contributed by atoms with Crippen LogP contribution in [0.5, 0.6) is 0 Å². The predicted octanol–water partition coefficient (Wildman–Crippen LogP) is -0.0858. The molecule has 10 heavy (non-hydrogen) atoms. The van der Waals surface area contributed by atoms with Crippen LogP contribution >= 0.6 is 12.8 Å². The molecule has 0 aliphatic heterocycles. The molecule has 5 nitrogen and oxygen atoms in total. The molecule has 2 heterocycles. The van der Waals surface area contributed by atoms with E-state index in [9.17, 15) is 0 Å². The van der Waals surface area contributed by atoms with Crippen molar-refractivity contribution in [3.05, 3.63) is 12.3 Å². The molecule has 0 fully saturated rings. The number of fused-ring (bicyclic) bond motifs is 1. The van der Waals surface area contributed by atoms with Gasteiger partial charge in [0.25, 0.3) is 0 Å². The zero-order valence-corrected chi connectivity index (χ0v) is 5.73. The second-order valence-electron chi connectivity index (χ2n) is 1.72. The first-order chi connectivity index (χ1) is 4.88. The van der Waals surface area contributed by atoms with E-state index in [4.69, 9.17) is 0 Å². The molecule has 0 unspecified atom stereocenters. The minimum Gasteiger partial charge on any atom is -0.168 e. The van der Waals surface area contributed by atoms with Crippen molar-refractivity contribution in [2.75, 3.05) is 0 Å². The van der Waals surface area contributed by atoms with Crippen molar-refractivity contribution in [1.29, 1.82) is 0 Å². The fourth-order valence-corrected chi connectivity index (χ4v) is 0.854. The van der Waals surface area contributed by atoms with Gasteiger partial charge < -0.3 is 0 Å². The molecule has 0 bridgehead atoms. The van der Waals surface area contributed by atoms with E-state index in [1.165, 1.54) is 4.09 Å². The highest BCUT2D eigenvalue weighted by Gasteiger charge is 1.99. The van der Waals surface area contributed by atoms with E-state index in [0.29, 0.717) is 11.2 Å². The van der Waals surface area contributed by atoms with Crippen molar-refractivity contribution in [1.82, 2.24) is 24.6 Å². The van der Waals surface area contributed by atoms with E-state index >= 15 is 0 Å².